The molecule has 3 nitrogen and oxygen atoms in total. The second-order valence-corrected chi connectivity index (χ2v) is 12.0. The number of rotatable bonds is 5. The zero-order valence-corrected chi connectivity index (χ0v) is 25.6. The van der Waals surface area contributed by atoms with Gasteiger partial charge in [-0.05, 0) is 51.8 Å². The van der Waals surface area contributed by atoms with Crippen LogP contribution in [-0.2, 0) is 0 Å². The molecule has 0 aliphatic carbocycles. The molecule has 2 heterocycles. The molecule has 0 aromatic heterocycles. The summed E-state index contributed by atoms with van der Waals surface area (Å²) in [7, 11) is 0. The maximum atomic E-state index is 7.28. The van der Waals surface area contributed by atoms with Gasteiger partial charge in [0.2, 0.25) is 0 Å². The lowest BCUT2D eigenvalue weighted by atomic mass is 9.80. The molecule has 44 heavy (non-hydrogen) atoms. The van der Waals surface area contributed by atoms with E-state index in [0.717, 1.165) is 96.6 Å². The molecule has 4 heteroatoms. The van der Waals surface area contributed by atoms with Crippen LogP contribution in [0.25, 0.3) is 44.4 Å². The van der Waals surface area contributed by atoms with Crippen LogP contribution in [0.3, 0.4) is 0 Å². The van der Waals surface area contributed by atoms with Crippen LogP contribution in [0.2, 0.25) is 0 Å². The minimum Gasteiger partial charge on any atom is -0.455 e. The van der Waals surface area contributed by atoms with Crippen molar-refractivity contribution in [2.45, 2.75) is 6.42 Å². The van der Waals surface area contributed by atoms with Crippen LogP contribution >= 0.6 is 15.9 Å². The molecule has 6 aromatic carbocycles. The Labute approximate surface area is 265 Å². The Kier molecular flexibility index (Phi) is 6.85. The monoisotopic (exact) mass is 632 g/mol. The fourth-order valence-electron chi connectivity index (χ4n) is 6.53. The van der Waals surface area contributed by atoms with Crippen molar-refractivity contribution < 1.29 is 4.74 Å². The van der Waals surface area contributed by atoms with Crippen LogP contribution in [0.5, 0.6) is 5.75 Å². The molecule has 2 aliphatic rings. The summed E-state index contributed by atoms with van der Waals surface area (Å²) >= 11 is 3.93. The fraction of sp³-hybridized carbons (Fsp3) is 0.0750. The molecule has 0 bridgehead atoms. The molecule has 2 aliphatic heterocycles. The summed E-state index contributed by atoms with van der Waals surface area (Å²) in [5.74, 6) is 2.56. The molecule has 0 saturated carbocycles. The van der Waals surface area contributed by atoms with Crippen LogP contribution in [0, 0.1) is 0 Å². The van der Waals surface area contributed by atoms with Crippen molar-refractivity contribution in [3.05, 3.63) is 160 Å². The lowest BCUT2D eigenvalue weighted by Crippen LogP contribution is -2.31. The first kappa shape index (κ1) is 26.7. The van der Waals surface area contributed by atoms with Gasteiger partial charge >= 0.3 is 0 Å². The van der Waals surface area contributed by atoms with E-state index in [9.17, 15) is 0 Å². The average molecular weight is 634 g/mol. The molecule has 0 spiro atoms. The van der Waals surface area contributed by atoms with E-state index in [4.69, 9.17) is 9.73 Å². The first-order chi connectivity index (χ1) is 21.8. The van der Waals surface area contributed by atoms with E-state index in [2.05, 4.69) is 149 Å². The molecule has 0 saturated heterocycles. The van der Waals surface area contributed by atoms with E-state index in [1.54, 1.807) is 0 Å². The molecular weight excluding hydrogens is 604 g/mol. The normalized spacial score (nSPS) is 14.2. The molecule has 0 fully saturated rings. The summed E-state index contributed by atoms with van der Waals surface area (Å²) in [6.07, 6.45) is 1.00. The van der Waals surface area contributed by atoms with Gasteiger partial charge < -0.3 is 10.1 Å². The van der Waals surface area contributed by atoms with E-state index in [-0.39, 0.29) is 0 Å². The third kappa shape index (κ3) is 4.54. The summed E-state index contributed by atoms with van der Waals surface area (Å²) in [6.45, 7) is 1.65. The number of nitrogens with zero attached hydrogens (tertiary/aromatic N) is 1. The second kappa shape index (κ2) is 11.3. The lowest BCUT2D eigenvalue weighted by Gasteiger charge is -2.31. The highest BCUT2D eigenvalue weighted by atomic mass is 79.9. The predicted molar refractivity (Wildman–Crippen MR) is 186 cm³/mol. The van der Waals surface area contributed by atoms with Gasteiger partial charge in [-0.15, -0.1) is 0 Å². The number of hydrogen-bond acceptors (Lipinski definition) is 3. The Hall–Kier alpha value is -4.93. The van der Waals surface area contributed by atoms with Gasteiger partial charge in [0, 0.05) is 39.6 Å². The van der Waals surface area contributed by atoms with Crippen molar-refractivity contribution in [3.63, 3.8) is 0 Å². The lowest BCUT2D eigenvalue weighted by molar-refractivity contribution is 0.518. The van der Waals surface area contributed by atoms with Crippen molar-refractivity contribution in [1.29, 1.82) is 0 Å². The van der Waals surface area contributed by atoms with Gasteiger partial charge in [-0.2, -0.15) is 0 Å². The van der Waals surface area contributed by atoms with Gasteiger partial charge in [0.25, 0.3) is 0 Å². The largest absolute Gasteiger partial charge is 0.455 e. The smallest absolute Gasteiger partial charge is 0.147 e. The summed E-state index contributed by atoms with van der Waals surface area (Å²) in [5.41, 5.74) is 9.92. The minimum atomic E-state index is 0.776. The van der Waals surface area contributed by atoms with Crippen LogP contribution < -0.4 is 10.1 Å². The zero-order chi connectivity index (χ0) is 29.5. The van der Waals surface area contributed by atoms with Gasteiger partial charge in [-0.3, -0.25) is 4.99 Å². The van der Waals surface area contributed by atoms with Crippen LogP contribution in [0.15, 0.2) is 143 Å². The molecule has 212 valence electrons. The quantitative estimate of drug-likeness (QED) is 0.205. The van der Waals surface area contributed by atoms with Gasteiger partial charge in [0.05, 0.1) is 5.56 Å². The number of halogens is 1. The van der Waals surface area contributed by atoms with E-state index < -0.39 is 0 Å². The topological polar surface area (TPSA) is 33.6 Å². The van der Waals surface area contributed by atoms with Gasteiger partial charge in [0.15, 0.2) is 0 Å². The number of aliphatic imine (C=N–C) groups is 1. The highest BCUT2D eigenvalue weighted by Crippen LogP contribution is 2.54. The first-order valence-corrected chi connectivity index (χ1v) is 15.8. The van der Waals surface area contributed by atoms with E-state index in [1.807, 2.05) is 6.07 Å². The Morgan fingerprint density at radius 1 is 0.614 bits per heavy atom. The van der Waals surface area contributed by atoms with E-state index >= 15 is 0 Å². The molecule has 0 unspecified atom stereocenters. The Bertz CT molecular complexity index is 2070. The van der Waals surface area contributed by atoms with E-state index in [0.29, 0.717) is 0 Å². The third-order valence-electron chi connectivity index (χ3n) is 8.38. The van der Waals surface area contributed by atoms with Gasteiger partial charge in [-0.25, -0.2) is 0 Å². The SMILES string of the molecule is Brc1cc2c3c(c(C4=NCCCN4)c(-c4ccccc4)c(-c4ccccc4)c3c1)OC(c1ccccc1)=C2c1ccccc1. The number of hydrogen-bond donors (Lipinski definition) is 1. The highest BCUT2D eigenvalue weighted by molar-refractivity contribution is 9.10. The summed E-state index contributed by atoms with van der Waals surface area (Å²) in [4.78, 5) is 5.08. The Balaban J connectivity index is 1.59. The molecule has 0 atom stereocenters. The second-order valence-electron chi connectivity index (χ2n) is 11.1. The van der Waals surface area contributed by atoms with Crippen LogP contribution in [0.4, 0.5) is 0 Å². The van der Waals surface area contributed by atoms with Crippen molar-refractivity contribution >= 4 is 43.9 Å². The van der Waals surface area contributed by atoms with Gasteiger partial charge in [-0.1, -0.05) is 137 Å². The molecule has 8 rings (SSSR count). The van der Waals surface area contributed by atoms with E-state index in [1.165, 1.54) is 5.56 Å². The maximum absolute atomic E-state index is 7.28. The number of ether oxygens (including phenoxy) is 1. The van der Waals surface area contributed by atoms with Crippen LogP contribution in [0.1, 0.15) is 28.7 Å². The highest BCUT2D eigenvalue weighted by Gasteiger charge is 2.33. The van der Waals surface area contributed by atoms with Gasteiger partial charge in [0.1, 0.15) is 17.3 Å². The van der Waals surface area contributed by atoms with Crippen molar-refractivity contribution in [3.8, 4) is 28.0 Å². The summed E-state index contributed by atoms with van der Waals surface area (Å²) < 4.78 is 8.30. The number of amidine groups is 1. The summed E-state index contributed by atoms with van der Waals surface area (Å²) in [6, 6.07) is 46.9. The number of benzene rings is 6. The number of nitrogens with one attached hydrogen (secondary N) is 1. The molecule has 0 radical (unpaired) electrons. The fourth-order valence-corrected chi connectivity index (χ4v) is 6.99. The maximum Gasteiger partial charge on any atom is 0.147 e. The molecule has 6 aromatic rings. The zero-order valence-electron chi connectivity index (χ0n) is 24.1. The minimum absolute atomic E-state index is 0.776. The molecular formula is C40H29BrN2O. The van der Waals surface area contributed by atoms with Crippen molar-refractivity contribution in [2.24, 2.45) is 4.99 Å². The first-order valence-electron chi connectivity index (χ1n) is 15.0. The molecule has 0 amide bonds. The third-order valence-corrected chi connectivity index (χ3v) is 8.84. The Morgan fingerprint density at radius 3 is 1.77 bits per heavy atom. The summed E-state index contributed by atoms with van der Waals surface area (Å²) in [5, 5.41) is 5.89. The Morgan fingerprint density at radius 2 is 1.18 bits per heavy atom. The van der Waals surface area contributed by atoms with Crippen molar-refractivity contribution in [1.82, 2.24) is 5.32 Å². The average Bonchev–Trinajstić information content (AvgIpc) is 3.09. The predicted octanol–water partition coefficient (Wildman–Crippen LogP) is 9.99. The van der Waals surface area contributed by atoms with Crippen molar-refractivity contribution in [2.75, 3.05) is 13.1 Å². The molecule has 1 N–H and O–H groups in total. The van der Waals surface area contributed by atoms with Crippen LogP contribution in [-0.4, -0.2) is 18.9 Å². The standard InChI is InChI=1S/C40H29BrN2O/c41-30-24-31-33(26-14-5-1-6-15-26)35(28-18-9-3-10-19-28)37(40-42-22-13-23-43-40)39-36(31)32(25-30)34(27-16-7-2-8-17-27)38(44-39)29-20-11-4-12-21-29/h1-12,14-21,24-25H,13,22-23H2,(H,42,43).